The molecule has 3 aliphatic rings. The Morgan fingerprint density at radius 3 is 2.73 bits per heavy atom. The lowest BCUT2D eigenvalue weighted by atomic mass is 10.3. The summed E-state index contributed by atoms with van der Waals surface area (Å²) >= 11 is 4.11. The third kappa shape index (κ3) is 2.17. The van der Waals surface area contributed by atoms with Crippen molar-refractivity contribution >= 4 is 23.7 Å². The largest absolute Gasteiger partial charge is 0.292 e. The van der Waals surface area contributed by atoms with Crippen LogP contribution in [0.2, 0.25) is 0 Å². The minimum absolute atomic E-state index is 0.572. The molecule has 0 aromatic heterocycles. The van der Waals surface area contributed by atoms with Crippen LogP contribution in [0.25, 0.3) is 0 Å². The van der Waals surface area contributed by atoms with Gasteiger partial charge in [-0.2, -0.15) is 0 Å². The summed E-state index contributed by atoms with van der Waals surface area (Å²) in [5.41, 5.74) is 0.572. The molecule has 0 spiro atoms. The van der Waals surface area contributed by atoms with Crippen LogP contribution in [0.15, 0.2) is 0 Å². The molecule has 3 fully saturated rings. The van der Waals surface area contributed by atoms with Gasteiger partial charge in [0.1, 0.15) is 5.50 Å². The van der Waals surface area contributed by atoms with Gasteiger partial charge in [0.25, 0.3) is 0 Å². The number of nitrogens with one attached hydrogen (secondary N) is 1. The maximum atomic E-state index is 3.59. The molecule has 0 amide bonds. The Labute approximate surface area is 100 Å². The Kier molecular flexibility index (Phi) is 3.45. The van der Waals surface area contributed by atoms with E-state index in [1.54, 1.807) is 0 Å². The lowest BCUT2D eigenvalue weighted by Crippen LogP contribution is -2.47. The molecule has 3 rings (SSSR count). The monoisotopic (exact) mass is 245 g/mol. The second-order valence-electron chi connectivity index (χ2n) is 4.38. The van der Waals surface area contributed by atoms with Gasteiger partial charge in [-0.15, -0.1) is 11.8 Å². The first kappa shape index (κ1) is 10.7. The van der Waals surface area contributed by atoms with Gasteiger partial charge in [0, 0.05) is 18.1 Å². The number of thioether (sulfide) groups is 1. The first-order valence-electron chi connectivity index (χ1n) is 5.95. The van der Waals surface area contributed by atoms with Crippen molar-refractivity contribution in [2.75, 3.05) is 31.1 Å². The highest BCUT2D eigenvalue weighted by Crippen LogP contribution is 2.36. The van der Waals surface area contributed by atoms with Gasteiger partial charge in [-0.3, -0.25) is 10.2 Å². The topological polar surface area (TPSA) is 18.5 Å². The molecule has 3 aliphatic heterocycles. The van der Waals surface area contributed by atoms with Gasteiger partial charge in [0.15, 0.2) is 0 Å². The summed E-state index contributed by atoms with van der Waals surface area (Å²) < 4.78 is 2.61. The molecule has 3 saturated heterocycles. The summed E-state index contributed by atoms with van der Waals surface area (Å²) in [6.07, 6.45) is 4.87. The van der Waals surface area contributed by atoms with Crippen LogP contribution in [-0.2, 0) is 0 Å². The van der Waals surface area contributed by atoms with E-state index in [-0.39, 0.29) is 0 Å². The molecule has 3 nitrogen and oxygen atoms in total. The van der Waals surface area contributed by atoms with Gasteiger partial charge in [-0.05, 0) is 32.4 Å². The van der Waals surface area contributed by atoms with Crippen molar-refractivity contribution in [3.63, 3.8) is 0 Å². The predicted octanol–water partition coefficient (Wildman–Crippen LogP) is 1.38. The molecule has 0 bridgehead atoms. The van der Waals surface area contributed by atoms with Gasteiger partial charge >= 0.3 is 0 Å². The van der Waals surface area contributed by atoms with Crippen LogP contribution in [0.5, 0.6) is 0 Å². The van der Waals surface area contributed by atoms with Gasteiger partial charge in [-0.25, -0.2) is 4.31 Å². The van der Waals surface area contributed by atoms with Crippen molar-refractivity contribution in [1.29, 1.82) is 0 Å². The normalized spacial score (nSPS) is 39.2. The molecule has 0 aromatic carbocycles. The minimum Gasteiger partial charge on any atom is -0.292 e. The Bertz CT molecular complexity index is 193. The summed E-state index contributed by atoms with van der Waals surface area (Å²) in [6, 6.07) is 0. The molecule has 3 heterocycles. The van der Waals surface area contributed by atoms with Crippen molar-refractivity contribution in [2.24, 2.45) is 0 Å². The van der Waals surface area contributed by atoms with Crippen LogP contribution < -0.4 is 5.32 Å². The van der Waals surface area contributed by atoms with Crippen molar-refractivity contribution in [1.82, 2.24) is 14.5 Å². The smallest absolute Gasteiger partial charge is 0.119 e. The highest BCUT2D eigenvalue weighted by Gasteiger charge is 2.37. The van der Waals surface area contributed by atoms with E-state index in [1.807, 2.05) is 11.9 Å². The molecule has 0 saturated carbocycles. The third-order valence-electron chi connectivity index (χ3n) is 3.40. The Balaban J connectivity index is 1.65. The molecule has 15 heavy (non-hydrogen) atoms. The molecule has 0 aliphatic carbocycles. The van der Waals surface area contributed by atoms with Crippen molar-refractivity contribution < 1.29 is 0 Å². The summed E-state index contributed by atoms with van der Waals surface area (Å²) in [4.78, 5) is 2.68. The molecule has 0 radical (unpaired) electrons. The van der Waals surface area contributed by atoms with Crippen molar-refractivity contribution in [2.45, 2.75) is 30.9 Å². The lowest BCUT2D eigenvalue weighted by molar-refractivity contribution is 0.130. The van der Waals surface area contributed by atoms with Gasteiger partial charge in [0.05, 0.1) is 6.17 Å². The second kappa shape index (κ2) is 4.84. The van der Waals surface area contributed by atoms with E-state index < -0.39 is 0 Å². The maximum Gasteiger partial charge on any atom is 0.119 e. The number of rotatable bonds is 2. The van der Waals surface area contributed by atoms with E-state index in [1.165, 1.54) is 50.4 Å². The third-order valence-corrected chi connectivity index (χ3v) is 5.85. The van der Waals surface area contributed by atoms with Crippen LogP contribution in [-0.4, -0.2) is 52.0 Å². The van der Waals surface area contributed by atoms with Crippen LogP contribution >= 0.6 is 23.7 Å². The molecule has 86 valence electrons. The standard InChI is InChI=1S/C10H19N3S2/c1-2-6-12(5-1)9-3-7-15-13(9)10-11-4-8-14-10/h9-11H,1-8H2. The molecule has 1 N–H and O–H groups in total. The number of hydrogen-bond donors (Lipinski definition) is 1. The van der Waals surface area contributed by atoms with Crippen LogP contribution in [0, 0.1) is 0 Å². The fourth-order valence-electron chi connectivity index (χ4n) is 2.66. The molecule has 2 atom stereocenters. The van der Waals surface area contributed by atoms with Gasteiger partial charge in [0.2, 0.25) is 0 Å². The van der Waals surface area contributed by atoms with Crippen molar-refractivity contribution in [3.8, 4) is 0 Å². The summed E-state index contributed by atoms with van der Waals surface area (Å²) in [7, 11) is 0. The van der Waals surface area contributed by atoms with Crippen LogP contribution in [0.4, 0.5) is 0 Å². The maximum absolute atomic E-state index is 3.59. The van der Waals surface area contributed by atoms with E-state index in [2.05, 4.69) is 26.3 Å². The number of likely N-dealkylation sites (tertiary alicyclic amines) is 1. The Morgan fingerprint density at radius 2 is 2.00 bits per heavy atom. The highest BCUT2D eigenvalue weighted by molar-refractivity contribution is 8.02. The van der Waals surface area contributed by atoms with E-state index in [4.69, 9.17) is 0 Å². The average molecular weight is 245 g/mol. The highest BCUT2D eigenvalue weighted by atomic mass is 32.2. The first-order valence-corrected chi connectivity index (χ1v) is 7.94. The predicted molar refractivity (Wildman–Crippen MR) is 67.8 cm³/mol. The lowest BCUT2D eigenvalue weighted by Gasteiger charge is -2.34. The van der Waals surface area contributed by atoms with Crippen LogP contribution in [0.1, 0.15) is 19.3 Å². The quantitative estimate of drug-likeness (QED) is 0.739. The first-order chi connectivity index (χ1) is 7.45. The minimum atomic E-state index is 0.572. The fourth-order valence-corrected chi connectivity index (χ4v) is 5.15. The zero-order valence-corrected chi connectivity index (χ0v) is 10.7. The van der Waals surface area contributed by atoms with Gasteiger partial charge < -0.3 is 0 Å². The SMILES string of the molecule is C1CCN(C2CCSN2C2NCCS2)C1. The molecule has 5 heteroatoms. The molecular formula is C10H19N3S2. The van der Waals surface area contributed by atoms with E-state index >= 15 is 0 Å². The number of hydrogen-bond acceptors (Lipinski definition) is 5. The van der Waals surface area contributed by atoms with Crippen molar-refractivity contribution in [3.05, 3.63) is 0 Å². The number of nitrogens with zero attached hydrogens (tertiary/aromatic N) is 2. The second-order valence-corrected chi connectivity index (χ2v) is 6.66. The van der Waals surface area contributed by atoms with E-state index in [0.717, 1.165) is 0 Å². The molecule has 2 unspecified atom stereocenters. The van der Waals surface area contributed by atoms with Gasteiger partial charge in [-0.1, -0.05) is 11.9 Å². The molecule has 0 aromatic rings. The summed E-state index contributed by atoms with van der Waals surface area (Å²) in [5, 5.41) is 3.59. The summed E-state index contributed by atoms with van der Waals surface area (Å²) in [5.74, 6) is 2.58. The average Bonchev–Trinajstić information content (AvgIpc) is 3.01. The Hall–Kier alpha value is 0.580. The fraction of sp³-hybridized carbons (Fsp3) is 1.00. The van der Waals surface area contributed by atoms with Crippen LogP contribution in [0.3, 0.4) is 0 Å². The van der Waals surface area contributed by atoms with E-state index in [9.17, 15) is 0 Å². The molecular weight excluding hydrogens is 226 g/mol. The summed E-state index contributed by atoms with van der Waals surface area (Å²) in [6.45, 7) is 3.82. The zero-order valence-electron chi connectivity index (χ0n) is 9.02. The Morgan fingerprint density at radius 1 is 1.13 bits per heavy atom. The zero-order chi connectivity index (χ0) is 10.1. The van der Waals surface area contributed by atoms with E-state index in [0.29, 0.717) is 11.7 Å².